The van der Waals surface area contributed by atoms with Gasteiger partial charge >= 0.3 is 0 Å². The minimum Gasteiger partial charge on any atom is -0.472 e. The Bertz CT molecular complexity index is 746. The smallest absolute Gasteiger partial charge is 0.228 e. The number of allylic oxidation sites excluding steroid dienone is 3. The molecule has 2 heterocycles. The molecule has 4 nitrogen and oxygen atoms in total. The molecule has 0 atom stereocenters. The number of aryl methyl sites for hydroxylation is 1. The summed E-state index contributed by atoms with van der Waals surface area (Å²) in [6, 6.07) is 0. The van der Waals surface area contributed by atoms with Gasteiger partial charge in [-0.15, -0.1) is 0 Å². The second kappa shape index (κ2) is 7.83. The van der Waals surface area contributed by atoms with Gasteiger partial charge in [0.05, 0.1) is 0 Å². The Balaban J connectivity index is 1.74. The number of halogens is 1. The van der Waals surface area contributed by atoms with E-state index < -0.39 is 0 Å². The first-order valence-corrected chi connectivity index (χ1v) is 9.74. The van der Waals surface area contributed by atoms with Crippen LogP contribution < -0.4 is 9.64 Å². The van der Waals surface area contributed by atoms with Crippen LogP contribution in [-0.2, 0) is 6.42 Å². The minimum atomic E-state index is 0.389. The zero-order valence-corrected chi connectivity index (χ0v) is 16.8. The van der Waals surface area contributed by atoms with Crippen LogP contribution in [0, 0.1) is 5.41 Å². The Labute approximate surface area is 161 Å². The lowest BCUT2D eigenvalue weighted by Crippen LogP contribution is -2.23. The topological polar surface area (TPSA) is 38.2 Å². The molecule has 140 valence electrons. The molecule has 0 N–H and O–H groups in total. The largest absolute Gasteiger partial charge is 0.472 e. The van der Waals surface area contributed by atoms with Crippen LogP contribution in [0.2, 0.25) is 0 Å². The molecule has 1 saturated carbocycles. The SMILES string of the molecule is C=C/C(=C\C(Cl)=C(C)C)COc1nc(N2CCC3(CC3)C2)ncc1CC. The first kappa shape index (κ1) is 19.0. The number of hydrogen-bond acceptors (Lipinski definition) is 4. The molecule has 0 amide bonds. The van der Waals surface area contributed by atoms with E-state index in [4.69, 9.17) is 21.3 Å². The van der Waals surface area contributed by atoms with Crippen LogP contribution >= 0.6 is 11.6 Å². The quantitative estimate of drug-likeness (QED) is 0.626. The summed E-state index contributed by atoms with van der Waals surface area (Å²) in [5.41, 5.74) is 3.56. The molecule has 1 saturated heterocycles. The molecule has 2 fully saturated rings. The number of rotatable bonds is 7. The van der Waals surface area contributed by atoms with Crippen molar-refractivity contribution in [2.45, 2.75) is 46.5 Å². The molecule has 0 aromatic carbocycles. The zero-order chi connectivity index (χ0) is 18.7. The molecule has 0 radical (unpaired) electrons. The van der Waals surface area contributed by atoms with Crippen molar-refractivity contribution in [1.29, 1.82) is 0 Å². The van der Waals surface area contributed by atoms with Crippen LogP contribution in [0.3, 0.4) is 0 Å². The van der Waals surface area contributed by atoms with Gasteiger partial charge in [0, 0.05) is 29.9 Å². The highest BCUT2D eigenvalue weighted by molar-refractivity contribution is 6.31. The van der Waals surface area contributed by atoms with Gasteiger partial charge < -0.3 is 9.64 Å². The molecule has 0 unspecified atom stereocenters. The predicted octanol–water partition coefficient (Wildman–Crippen LogP) is 5.05. The Kier molecular flexibility index (Phi) is 5.71. The number of nitrogens with zero attached hydrogens (tertiary/aromatic N) is 3. The molecule has 2 aliphatic rings. The zero-order valence-electron chi connectivity index (χ0n) is 16.0. The number of anilines is 1. The van der Waals surface area contributed by atoms with E-state index in [1.807, 2.05) is 26.1 Å². The van der Waals surface area contributed by atoms with E-state index in [2.05, 4.69) is 23.4 Å². The van der Waals surface area contributed by atoms with Gasteiger partial charge in [-0.05, 0) is 56.6 Å². The molecule has 1 aromatic rings. The van der Waals surface area contributed by atoms with Gasteiger partial charge in [0.2, 0.25) is 11.8 Å². The van der Waals surface area contributed by atoms with E-state index in [1.54, 1.807) is 6.08 Å². The fourth-order valence-corrected chi connectivity index (χ4v) is 3.35. The first-order chi connectivity index (χ1) is 12.5. The highest BCUT2D eigenvalue weighted by Gasteiger charge is 2.48. The lowest BCUT2D eigenvalue weighted by atomic mass is 10.1. The number of aromatic nitrogens is 2. The first-order valence-electron chi connectivity index (χ1n) is 9.36. The molecule has 26 heavy (non-hydrogen) atoms. The molecule has 1 aliphatic heterocycles. The van der Waals surface area contributed by atoms with Crippen molar-refractivity contribution < 1.29 is 4.74 Å². The van der Waals surface area contributed by atoms with Gasteiger partial charge in [0.25, 0.3) is 0 Å². The fourth-order valence-electron chi connectivity index (χ4n) is 3.21. The van der Waals surface area contributed by atoms with Crippen molar-refractivity contribution in [3.63, 3.8) is 0 Å². The molecular formula is C21H28ClN3O. The highest BCUT2D eigenvalue weighted by Crippen LogP contribution is 2.53. The van der Waals surface area contributed by atoms with Gasteiger partial charge in [-0.1, -0.05) is 36.8 Å². The second-order valence-corrected chi connectivity index (χ2v) is 7.99. The summed E-state index contributed by atoms with van der Waals surface area (Å²) in [5.74, 6) is 1.45. The molecule has 5 heteroatoms. The Morgan fingerprint density at radius 1 is 1.38 bits per heavy atom. The van der Waals surface area contributed by atoms with Crippen molar-refractivity contribution in [2.75, 3.05) is 24.6 Å². The summed E-state index contributed by atoms with van der Waals surface area (Å²) < 4.78 is 6.03. The molecule has 3 rings (SSSR count). The van der Waals surface area contributed by atoms with Gasteiger partial charge in [0.1, 0.15) is 6.61 Å². The molecule has 1 aliphatic carbocycles. The summed E-state index contributed by atoms with van der Waals surface area (Å²) in [6.45, 7) is 12.4. The molecule has 1 spiro atoms. The van der Waals surface area contributed by atoms with Crippen LogP contribution in [0.5, 0.6) is 5.88 Å². The second-order valence-electron chi connectivity index (χ2n) is 7.59. The third kappa shape index (κ3) is 4.29. The van der Waals surface area contributed by atoms with Gasteiger partial charge in [-0.2, -0.15) is 4.98 Å². The van der Waals surface area contributed by atoms with E-state index in [0.29, 0.717) is 17.9 Å². The maximum absolute atomic E-state index is 6.24. The third-order valence-electron chi connectivity index (χ3n) is 5.30. The van der Waals surface area contributed by atoms with Gasteiger partial charge in [-0.25, -0.2) is 4.98 Å². The summed E-state index contributed by atoms with van der Waals surface area (Å²) >= 11 is 6.24. The van der Waals surface area contributed by atoms with E-state index >= 15 is 0 Å². The van der Waals surface area contributed by atoms with Gasteiger partial charge in [0.15, 0.2) is 0 Å². The van der Waals surface area contributed by atoms with E-state index in [-0.39, 0.29) is 0 Å². The molecular weight excluding hydrogens is 346 g/mol. The van der Waals surface area contributed by atoms with E-state index in [9.17, 15) is 0 Å². The van der Waals surface area contributed by atoms with Crippen LogP contribution in [0.1, 0.15) is 45.6 Å². The van der Waals surface area contributed by atoms with Crippen LogP contribution in [-0.4, -0.2) is 29.7 Å². The summed E-state index contributed by atoms with van der Waals surface area (Å²) in [6.07, 6.45) is 10.4. The van der Waals surface area contributed by atoms with E-state index in [0.717, 1.165) is 47.2 Å². The van der Waals surface area contributed by atoms with Crippen LogP contribution in [0.4, 0.5) is 5.95 Å². The summed E-state index contributed by atoms with van der Waals surface area (Å²) in [4.78, 5) is 11.6. The van der Waals surface area contributed by atoms with Crippen LogP contribution in [0.25, 0.3) is 0 Å². The maximum atomic E-state index is 6.24. The normalized spacial score (nSPS) is 18.2. The highest BCUT2D eigenvalue weighted by atomic mass is 35.5. The summed E-state index contributed by atoms with van der Waals surface area (Å²) in [5, 5.41) is 0.717. The van der Waals surface area contributed by atoms with E-state index in [1.165, 1.54) is 19.3 Å². The monoisotopic (exact) mass is 373 g/mol. The summed E-state index contributed by atoms with van der Waals surface area (Å²) in [7, 11) is 0. The standard InChI is InChI=1S/C21H28ClN3O/c1-5-16(11-18(22)15(3)4)13-26-19-17(6-2)12-23-20(24-19)25-10-9-21(14-25)7-8-21/h5,11-12H,1,6-10,13-14H2,2-4H3/b16-11+. The lowest BCUT2D eigenvalue weighted by molar-refractivity contribution is 0.337. The molecule has 0 bridgehead atoms. The Morgan fingerprint density at radius 3 is 2.73 bits per heavy atom. The van der Waals surface area contributed by atoms with Crippen molar-refractivity contribution >= 4 is 17.5 Å². The van der Waals surface area contributed by atoms with Crippen molar-refractivity contribution in [2.24, 2.45) is 5.41 Å². The Morgan fingerprint density at radius 2 is 2.15 bits per heavy atom. The minimum absolute atomic E-state index is 0.389. The van der Waals surface area contributed by atoms with Gasteiger partial charge in [-0.3, -0.25) is 0 Å². The fraction of sp³-hybridized carbons (Fsp3) is 0.524. The Hall–Kier alpha value is -1.81. The average Bonchev–Trinajstić information content (AvgIpc) is 3.26. The number of hydrogen-bond donors (Lipinski definition) is 0. The van der Waals surface area contributed by atoms with Crippen LogP contribution in [0.15, 0.2) is 41.1 Å². The van der Waals surface area contributed by atoms with Crippen molar-refractivity contribution in [1.82, 2.24) is 9.97 Å². The lowest BCUT2D eigenvalue weighted by Gasteiger charge is -2.18. The van der Waals surface area contributed by atoms with Crippen molar-refractivity contribution in [3.8, 4) is 5.88 Å². The average molecular weight is 374 g/mol. The molecule has 1 aromatic heterocycles. The number of ether oxygens (including phenoxy) is 1. The maximum Gasteiger partial charge on any atom is 0.228 e. The van der Waals surface area contributed by atoms with Crippen molar-refractivity contribution in [3.05, 3.63) is 46.7 Å². The predicted molar refractivity (Wildman–Crippen MR) is 108 cm³/mol. The third-order valence-corrected chi connectivity index (χ3v) is 5.79.